The number of carboxylic acid groups (broad SMARTS) is 1. The van der Waals surface area contributed by atoms with Gasteiger partial charge >= 0.3 is 10.4 Å². The number of rotatable bonds is 8. The lowest BCUT2D eigenvalue weighted by atomic mass is 10.3. The fourth-order valence-corrected chi connectivity index (χ4v) is 2.85. The van der Waals surface area contributed by atoms with Crippen LogP contribution < -0.4 is 17.2 Å². The van der Waals surface area contributed by atoms with E-state index in [1.807, 2.05) is 6.92 Å². The fraction of sp³-hybridized carbons (Fsp3) is 0.667. The number of carbonyl (C=O) groups is 2. The van der Waals surface area contributed by atoms with E-state index < -0.39 is 16.4 Å². The number of carboxylic acids is 1. The number of anilines is 1. The van der Waals surface area contributed by atoms with Crippen LogP contribution in [0.4, 0.5) is 5.95 Å². The number of amidine groups is 1. The van der Waals surface area contributed by atoms with Crippen LogP contribution in [0.25, 0.3) is 0 Å². The summed E-state index contributed by atoms with van der Waals surface area (Å²) in [5.74, 6) is 3.43. The molecule has 12 N–H and O–H groups in total. The van der Waals surface area contributed by atoms with Crippen LogP contribution in [-0.2, 0) is 28.0 Å². The molecule has 21 nitrogen and oxygen atoms in total. The van der Waals surface area contributed by atoms with E-state index in [1.54, 1.807) is 13.8 Å². The molecule has 3 heterocycles. The zero-order valence-electron chi connectivity index (χ0n) is 30.3. The molecule has 22 heteroatoms. The van der Waals surface area contributed by atoms with Crippen molar-refractivity contribution >= 4 is 34.1 Å². The van der Waals surface area contributed by atoms with Crippen molar-refractivity contribution in [3.63, 3.8) is 0 Å². The summed E-state index contributed by atoms with van der Waals surface area (Å²) >= 11 is 0. The molecule has 0 unspecified atom stereocenters. The molecular formula is C27H58N14O7S. The molecule has 0 radical (unpaired) electrons. The average molecular weight is 723 g/mol. The summed E-state index contributed by atoms with van der Waals surface area (Å²) < 4.78 is 33.0. The predicted octanol–water partition coefficient (Wildman–Crippen LogP) is 1.63. The normalized spacial score (nSPS) is 9.59. The number of hydrogen-bond acceptors (Lipinski definition) is 14. The van der Waals surface area contributed by atoms with Gasteiger partial charge in [0, 0.05) is 26.7 Å². The maximum Gasteiger partial charge on any atom is 0.394 e. The van der Waals surface area contributed by atoms with Crippen molar-refractivity contribution < 1.29 is 32.2 Å². The van der Waals surface area contributed by atoms with Crippen molar-refractivity contribution in [2.24, 2.45) is 11.5 Å². The molecular weight excluding hydrogens is 664 g/mol. The van der Waals surface area contributed by atoms with E-state index in [2.05, 4.69) is 80.0 Å². The van der Waals surface area contributed by atoms with Crippen LogP contribution in [0, 0.1) is 26.2 Å². The molecule has 0 spiro atoms. The Morgan fingerprint density at radius 1 is 0.878 bits per heavy atom. The van der Waals surface area contributed by atoms with E-state index in [1.165, 1.54) is 31.2 Å². The summed E-state index contributed by atoms with van der Waals surface area (Å²) in [6.45, 7) is 22.5. The molecule has 0 aliphatic heterocycles. The monoisotopic (exact) mass is 722 g/mol. The summed E-state index contributed by atoms with van der Waals surface area (Å²) in [5, 5.41) is 30.7. The van der Waals surface area contributed by atoms with Crippen LogP contribution in [-0.4, -0.2) is 117 Å². The minimum Gasteiger partial charge on any atom is -0.481 e. The number of H-pyrrole nitrogens is 2. The quantitative estimate of drug-likeness (QED) is 0.0905. The molecule has 3 aromatic heterocycles. The Labute approximate surface area is 289 Å². The number of aryl methyl sites for hydroxylation is 5. The van der Waals surface area contributed by atoms with Gasteiger partial charge in [0.25, 0.3) is 5.97 Å². The first-order valence-corrected chi connectivity index (χ1v) is 16.6. The van der Waals surface area contributed by atoms with Gasteiger partial charge in [0.1, 0.15) is 29.1 Å². The first-order valence-electron chi connectivity index (χ1n) is 15.2. The van der Waals surface area contributed by atoms with Crippen molar-refractivity contribution in [3.8, 4) is 0 Å². The molecule has 0 aliphatic carbocycles. The lowest BCUT2D eigenvalue weighted by molar-refractivity contribution is -0.134. The first-order chi connectivity index (χ1) is 22.6. The average Bonchev–Trinajstić information content (AvgIpc) is 3.69. The maximum atomic E-state index is 11.0. The van der Waals surface area contributed by atoms with Gasteiger partial charge < -0.3 is 27.2 Å². The van der Waals surface area contributed by atoms with E-state index in [0.717, 1.165) is 55.9 Å². The zero-order valence-corrected chi connectivity index (χ0v) is 31.2. The van der Waals surface area contributed by atoms with Crippen LogP contribution in [0.3, 0.4) is 0 Å². The molecule has 0 bridgehead atoms. The number of aliphatic carboxylic acids is 1. The summed E-state index contributed by atoms with van der Waals surface area (Å²) in [5.41, 5.74) is 14.7. The summed E-state index contributed by atoms with van der Waals surface area (Å²) in [4.78, 5) is 34.4. The number of aromatic amines is 2. The zero-order chi connectivity index (χ0) is 39.2. The maximum absolute atomic E-state index is 11.0. The van der Waals surface area contributed by atoms with E-state index >= 15 is 0 Å². The van der Waals surface area contributed by atoms with Crippen LogP contribution in [0.5, 0.6) is 0 Å². The Morgan fingerprint density at radius 3 is 1.51 bits per heavy atom. The standard InChI is InChI=1S/C8H13N3O.C6H11N3.C6H15N.C3H6N4.C2H7N3.C2H4O2.H2O4S/c1-4-5-8-9-6(2)10-11(8)7(3)12;1-3-4-6-7-5(2)8-9-6;1-4-7(5-2)6-3;1-2-5-3(4)7-6-2;3-1-2(4)5;1-2(3)4;1-5(2,3)4/h4-5H2,1-3H3;3-4H2,1-2H3,(H,7,8,9);4-6H2,1-3H3;1H3,(H3,4,5,6,7);1,3H2,(H3,4,5);1H3,(H,3,4);(H2,1,2,3,4). The topological polar surface area (TPSA) is 348 Å². The Bertz CT molecular complexity index is 1350. The van der Waals surface area contributed by atoms with Crippen molar-refractivity contribution in [3.05, 3.63) is 29.1 Å². The third kappa shape index (κ3) is 39.7. The van der Waals surface area contributed by atoms with Gasteiger partial charge in [-0.1, -0.05) is 34.6 Å². The van der Waals surface area contributed by atoms with Crippen LogP contribution in [0.1, 0.15) is 95.2 Å². The van der Waals surface area contributed by atoms with E-state index in [0.29, 0.717) is 11.8 Å². The van der Waals surface area contributed by atoms with Crippen molar-refractivity contribution in [1.82, 2.24) is 50.0 Å². The Morgan fingerprint density at radius 2 is 1.29 bits per heavy atom. The van der Waals surface area contributed by atoms with Gasteiger partial charge in [0.05, 0.1) is 6.54 Å². The molecule has 0 saturated carbocycles. The molecule has 0 fully saturated rings. The molecule has 49 heavy (non-hydrogen) atoms. The molecule has 3 rings (SSSR count). The molecule has 284 valence electrons. The second kappa shape index (κ2) is 30.9. The third-order valence-electron chi connectivity index (χ3n) is 4.85. The van der Waals surface area contributed by atoms with Crippen molar-refractivity contribution in [2.75, 3.05) is 31.9 Å². The van der Waals surface area contributed by atoms with Crippen molar-refractivity contribution in [2.45, 2.75) is 94.9 Å². The van der Waals surface area contributed by atoms with Gasteiger partial charge in [0.15, 0.2) is 5.82 Å². The number of aromatic nitrogens is 9. The van der Waals surface area contributed by atoms with E-state index in [4.69, 9.17) is 50.0 Å². The number of nitrogens with one attached hydrogen (secondary N) is 3. The smallest absolute Gasteiger partial charge is 0.394 e. The molecule has 0 aromatic carbocycles. The fourth-order valence-electron chi connectivity index (χ4n) is 2.85. The highest BCUT2D eigenvalue weighted by Gasteiger charge is 2.08. The number of nitrogen functional groups attached to an aromatic ring is 1. The lowest BCUT2D eigenvalue weighted by Crippen LogP contribution is -2.21. The molecule has 0 atom stereocenters. The minimum absolute atomic E-state index is 0.0324. The number of carbonyl (C=O) groups excluding carboxylic acids is 1. The Balaban J connectivity index is -0.000000249. The van der Waals surface area contributed by atoms with Crippen LogP contribution in [0.2, 0.25) is 0 Å². The second-order valence-corrected chi connectivity index (χ2v) is 10.3. The van der Waals surface area contributed by atoms with Crippen LogP contribution >= 0.6 is 0 Å². The molecule has 0 aliphatic rings. The van der Waals surface area contributed by atoms with Gasteiger partial charge in [-0.15, -0.1) is 10.2 Å². The second-order valence-electron chi connectivity index (χ2n) is 9.44. The minimum atomic E-state index is -4.67. The number of nitrogens with zero attached hydrogens (tertiary/aromatic N) is 8. The van der Waals surface area contributed by atoms with E-state index in [9.17, 15) is 4.79 Å². The largest absolute Gasteiger partial charge is 0.481 e. The Kier molecular flexibility index (Phi) is 32.5. The predicted molar refractivity (Wildman–Crippen MR) is 188 cm³/mol. The molecule has 0 saturated heterocycles. The summed E-state index contributed by atoms with van der Waals surface area (Å²) in [6, 6.07) is 0. The summed E-state index contributed by atoms with van der Waals surface area (Å²) in [7, 11) is -4.67. The van der Waals surface area contributed by atoms with Gasteiger partial charge in [-0.25, -0.2) is 9.97 Å². The third-order valence-corrected chi connectivity index (χ3v) is 4.85. The number of nitrogens with two attached hydrogens (primary N) is 3. The highest BCUT2D eigenvalue weighted by molar-refractivity contribution is 7.79. The van der Waals surface area contributed by atoms with Gasteiger partial charge in [-0.2, -0.15) is 23.2 Å². The van der Waals surface area contributed by atoms with Gasteiger partial charge in [0.2, 0.25) is 11.9 Å². The van der Waals surface area contributed by atoms with Gasteiger partial charge in [-0.05, 0) is 53.2 Å². The first kappa shape index (κ1) is 51.5. The van der Waals surface area contributed by atoms with Gasteiger partial charge in [-0.3, -0.25) is 34.3 Å². The highest BCUT2D eigenvalue weighted by atomic mass is 32.3. The number of hydrogen-bond donors (Lipinski definition) is 9. The Hall–Kier alpha value is -4.38. The molecule has 3 aromatic rings. The highest BCUT2D eigenvalue weighted by Crippen LogP contribution is 2.01. The summed E-state index contributed by atoms with van der Waals surface area (Å²) in [6.07, 6.45) is 3.87. The van der Waals surface area contributed by atoms with E-state index in [-0.39, 0.29) is 18.3 Å². The lowest BCUT2D eigenvalue weighted by Gasteiger charge is -2.13. The van der Waals surface area contributed by atoms with Crippen molar-refractivity contribution in [1.29, 1.82) is 5.41 Å². The van der Waals surface area contributed by atoms with Crippen LogP contribution in [0.15, 0.2) is 0 Å². The molecule has 0 amide bonds. The SMILES string of the molecule is CC(=O)O.CCCc1n[nH]c(C)n1.CCCc1nc(C)nn1C(C)=O.CCN(CC)CC.Cc1nc(N)n[nH]1.N=C(N)CN.O=S(=O)(O)O.